The summed E-state index contributed by atoms with van der Waals surface area (Å²) in [4.78, 5) is 29.1. The van der Waals surface area contributed by atoms with Crippen molar-refractivity contribution in [3.05, 3.63) is 60.2 Å². The van der Waals surface area contributed by atoms with Crippen LogP contribution >= 0.6 is 0 Å². The molecule has 1 saturated heterocycles. The number of rotatable bonds is 7. The van der Waals surface area contributed by atoms with Gasteiger partial charge in [0.15, 0.2) is 0 Å². The number of nitrogens with zero attached hydrogens (tertiary/aromatic N) is 2. The van der Waals surface area contributed by atoms with Crippen LogP contribution in [0, 0.1) is 5.41 Å². The van der Waals surface area contributed by atoms with Gasteiger partial charge in [0.05, 0.1) is 18.4 Å². The smallest absolute Gasteiger partial charge is 0.230 e. The van der Waals surface area contributed by atoms with Crippen LogP contribution in [0.15, 0.2) is 54.6 Å². The number of amides is 2. The molecule has 1 unspecified atom stereocenters. The fourth-order valence-electron chi connectivity index (χ4n) is 4.18. The lowest BCUT2D eigenvalue weighted by Crippen LogP contribution is -2.44. The molecule has 0 spiro atoms. The molecule has 5 nitrogen and oxygen atoms in total. The molecule has 0 bridgehead atoms. The maximum absolute atomic E-state index is 13.2. The van der Waals surface area contributed by atoms with E-state index >= 15 is 0 Å². The second-order valence-corrected chi connectivity index (χ2v) is 8.03. The molecule has 1 heterocycles. The summed E-state index contributed by atoms with van der Waals surface area (Å²) in [6.45, 7) is 1.48. The van der Waals surface area contributed by atoms with Gasteiger partial charge in [0.1, 0.15) is 0 Å². The van der Waals surface area contributed by atoms with E-state index in [1.807, 2.05) is 29.2 Å². The van der Waals surface area contributed by atoms with Crippen LogP contribution < -0.4 is 0 Å². The molecule has 0 saturated carbocycles. The largest absolute Gasteiger partial charge is 0.384 e. The standard InChI is InChI=1S/C24H30N2O3/c1-25(2)23(28)24(13-14-26(18-24)22(27)12-15-29-3)17-19-8-7-11-21(16-19)20-9-5-4-6-10-20/h4-11,16H,12-15,17-18H2,1-3H3. The SMILES string of the molecule is COCCC(=O)N1CCC(Cc2cccc(-c3ccccc3)c2)(C(=O)N(C)C)C1. The zero-order valence-electron chi connectivity index (χ0n) is 17.6. The maximum atomic E-state index is 13.2. The number of benzene rings is 2. The molecule has 0 aromatic heterocycles. The average molecular weight is 395 g/mol. The van der Waals surface area contributed by atoms with Crippen molar-refractivity contribution >= 4 is 11.8 Å². The summed E-state index contributed by atoms with van der Waals surface area (Å²) in [7, 11) is 5.18. The summed E-state index contributed by atoms with van der Waals surface area (Å²) in [6.07, 6.45) is 1.66. The van der Waals surface area contributed by atoms with E-state index in [0.717, 1.165) is 16.7 Å². The summed E-state index contributed by atoms with van der Waals surface area (Å²) >= 11 is 0. The normalized spacial score (nSPS) is 18.7. The summed E-state index contributed by atoms with van der Waals surface area (Å²) < 4.78 is 5.04. The molecule has 29 heavy (non-hydrogen) atoms. The second kappa shape index (κ2) is 9.23. The highest BCUT2D eigenvalue weighted by Crippen LogP contribution is 2.37. The number of likely N-dealkylation sites (tertiary alicyclic amines) is 1. The van der Waals surface area contributed by atoms with Crippen molar-refractivity contribution in [2.45, 2.75) is 19.3 Å². The van der Waals surface area contributed by atoms with Gasteiger partial charge in [-0.05, 0) is 29.5 Å². The molecule has 2 aromatic carbocycles. The third-order valence-corrected chi connectivity index (χ3v) is 5.66. The predicted molar refractivity (Wildman–Crippen MR) is 114 cm³/mol. The van der Waals surface area contributed by atoms with Crippen molar-refractivity contribution in [2.75, 3.05) is 40.9 Å². The Balaban J connectivity index is 1.84. The molecule has 1 aliphatic heterocycles. The van der Waals surface area contributed by atoms with Crippen LogP contribution in [-0.4, -0.2) is 62.5 Å². The summed E-state index contributed by atoms with van der Waals surface area (Å²) in [5.74, 6) is 0.142. The fourth-order valence-corrected chi connectivity index (χ4v) is 4.18. The second-order valence-electron chi connectivity index (χ2n) is 8.03. The van der Waals surface area contributed by atoms with Crippen LogP contribution in [0.4, 0.5) is 0 Å². The molecular weight excluding hydrogens is 364 g/mol. The molecule has 2 aromatic rings. The lowest BCUT2D eigenvalue weighted by atomic mass is 9.79. The first-order valence-corrected chi connectivity index (χ1v) is 10.1. The van der Waals surface area contributed by atoms with Gasteiger partial charge in [0.25, 0.3) is 0 Å². The summed E-state index contributed by atoms with van der Waals surface area (Å²) in [6, 6.07) is 18.6. The van der Waals surface area contributed by atoms with Crippen molar-refractivity contribution in [1.29, 1.82) is 0 Å². The topological polar surface area (TPSA) is 49.9 Å². The van der Waals surface area contributed by atoms with Crippen LogP contribution in [0.2, 0.25) is 0 Å². The van der Waals surface area contributed by atoms with Crippen molar-refractivity contribution in [3.63, 3.8) is 0 Å². The highest BCUT2D eigenvalue weighted by atomic mass is 16.5. The van der Waals surface area contributed by atoms with Gasteiger partial charge in [-0.3, -0.25) is 9.59 Å². The minimum atomic E-state index is -0.582. The molecule has 1 fully saturated rings. The Morgan fingerprint density at radius 1 is 1.07 bits per heavy atom. The molecular formula is C24H30N2O3. The Hall–Kier alpha value is -2.66. The van der Waals surface area contributed by atoms with Crippen LogP contribution in [0.5, 0.6) is 0 Å². The molecule has 2 amide bonds. The number of carbonyl (C=O) groups is 2. The monoisotopic (exact) mass is 394 g/mol. The van der Waals surface area contributed by atoms with Gasteiger partial charge in [-0.25, -0.2) is 0 Å². The highest BCUT2D eigenvalue weighted by molar-refractivity contribution is 5.85. The van der Waals surface area contributed by atoms with Gasteiger partial charge in [-0.2, -0.15) is 0 Å². The van der Waals surface area contributed by atoms with Crippen LogP contribution in [0.1, 0.15) is 18.4 Å². The highest BCUT2D eigenvalue weighted by Gasteiger charge is 2.46. The minimum Gasteiger partial charge on any atom is -0.384 e. The molecule has 0 radical (unpaired) electrons. The van der Waals surface area contributed by atoms with E-state index in [2.05, 4.69) is 30.3 Å². The first-order chi connectivity index (χ1) is 13.9. The lowest BCUT2D eigenvalue weighted by Gasteiger charge is -2.31. The quantitative estimate of drug-likeness (QED) is 0.724. The maximum Gasteiger partial charge on any atom is 0.230 e. The van der Waals surface area contributed by atoms with E-state index in [-0.39, 0.29) is 11.8 Å². The lowest BCUT2D eigenvalue weighted by molar-refractivity contribution is -0.139. The van der Waals surface area contributed by atoms with E-state index < -0.39 is 5.41 Å². The first-order valence-electron chi connectivity index (χ1n) is 10.1. The van der Waals surface area contributed by atoms with Gasteiger partial charge in [0.2, 0.25) is 11.8 Å². The summed E-state index contributed by atoms with van der Waals surface area (Å²) in [5.41, 5.74) is 2.83. The average Bonchev–Trinajstić information content (AvgIpc) is 3.17. The van der Waals surface area contributed by atoms with Gasteiger partial charge in [-0.1, -0.05) is 54.6 Å². The fraction of sp³-hybridized carbons (Fsp3) is 0.417. The molecule has 5 heteroatoms. The Labute approximate surface area is 173 Å². The van der Waals surface area contributed by atoms with E-state index in [1.54, 1.807) is 26.1 Å². The van der Waals surface area contributed by atoms with Crippen molar-refractivity contribution < 1.29 is 14.3 Å². The number of hydrogen-bond donors (Lipinski definition) is 0. The molecule has 154 valence electrons. The van der Waals surface area contributed by atoms with Crippen molar-refractivity contribution in [2.24, 2.45) is 5.41 Å². The van der Waals surface area contributed by atoms with E-state index in [4.69, 9.17) is 4.74 Å². The number of methoxy groups -OCH3 is 1. The molecule has 0 aliphatic carbocycles. The van der Waals surface area contributed by atoms with Gasteiger partial charge in [0, 0.05) is 34.3 Å². The molecule has 1 aliphatic rings. The number of ether oxygens (including phenoxy) is 1. The molecule has 0 N–H and O–H groups in total. The Bertz CT molecular complexity index is 850. The van der Waals surface area contributed by atoms with Crippen LogP contribution in [0.25, 0.3) is 11.1 Å². The van der Waals surface area contributed by atoms with Gasteiger partial charge >= 0.3 is 0 Å². The van der Waals surface area contributed by atoms with E-state index in [9.17, 15) is 9.59 Å². The van der Waals surface area contributed by atoms with Crippen molar-refractivity contribution in [3.8, 4) is 11.1 Å². The van der Waals surface area contributed by atoms with E-state index in [1.165, 1.54) is 0 Å². The molecule has 3 rings (SSSR count). The zero-order valence-corrected chi connectivity index (χ0v) is 17.6. The first kappa shape index (κ1) is 21.1. The Kier molecular flexibility index (Phi) is 6.70. The van der Waals surface area contributed by atoms with Crippen LogP contribution in [-0.2, 0) is 20.7 Å². The number of carbonyl (C=O) groups excluding carboxylic acids is 2. The minimum absolute atomic E-state index is 0.0540. The van der Waals surface area contributed by atoms with Crippen molar-refractivity contribution in [1.82, 2.24) is 9.80 Å². The Morgan fingerprint density at radius 3 is 2.48 bits per heavy atom. The van der Waals surface area contributed by atoms with Gasteiger partial charge in [-0.15, -0.1) is 0 Å². The third-order valence-electron chi connectivity index (χ3n) is 5.66. The summed E-state index contributed by atoms with van der Waals surface area (Å²) in [5, 5.41) is 0. The third kappa shape index (κ3) is 4.85. The Morgan fingerprint density at radius 2 is 1.79 bits per heavy atom. The number of hydrogen-bond acceptors (Lipinski definition) is 3. The van der Waals surface area contributed by atoms with E-state index in [0.29, 0.717) is 39.0 Å². The molecule has 1 atom stereocenters. The van der Waals surface area contributed by atoms with Crippen LogP contribution in [0.3, 0.4) is 0 Å². The zero-order chi connectivity index (χ0) is 20.9. The van der Waals surface area contributed by atoms with Gasteiger partial charge < -0.3 is 14.5 Å². The predicted octanol–water partition coefficient (Wildman–Crippen LogP) is 3.24.